The van der Waals surface area contributed by atoms with E-state index in [0.29, 0.717) is 18.3 Å². The molecule has 2 unspecified atom stereocenters. The van der Waals surface area contributed by atoms with Crippen molar-refractivity contribution in [2.75, 3.05) is 0 Å². The van der Waals surface area contributed by atoms with Crippen LogP contribution in [0.1, 0.15) is 20.3 Å². The predicted octanol–water partition coefficient (Wildman–Crippen LogP) is 1.64. The van der Waals surface area contributed by atoms with Crippen LogP contribution in [0, 0.1) is 11.8 Å². The molecule has 13 heavy (non-hydrogen) atoms. The van der Waals surface area contributed by atoms with Gasteiger partial charge in [0, 0.05) is 12.3 Å². The molecule has 1 fully saturated rings. The van der Waals surface area contributed by atoms with Gasteiger partial charge in [0.15, 0.2) is 0 Å². The van der Waals surface area contributed by atoms with Crippen LogP contribution in [0.4, 0.5) is 0 Å². The van der Waals surface area contributed by atoms with Gasteiger partial charge in [-0.15, -0.1) is 0 Å². The molecule has 2 heteroatoms. The van der Waals surface area contributed by atoms with Gasteiger partial charge in [-0.1, -0.05) is 32.1 Å². The lowest BCUT2D eigenvalue weighted by Gasteiger charge is -2.19. The average Bonchev–Trinajstić information content (AvgIpc) is 2.42. The minimum atomic E-state index is 0.181. The van der Waals surface area contributed by atoms with Crippen LogP contribution < -0.4 is 5.32 Å². The van der Waals surface area contributed by atoms with Gasteiger partial charge >= 0.3 is 0 Å². The Kier molecular flexibility index (Phi) is 1.98. The van der Waals surface area contributed by atoms with Crippen molar-refractivity contribution in [1.82, 2.24) is 5.32 Å². The summed E-state index contributed by atoms with van der Waals surface area (Å²) in [6, 6.07) is 0.259. The Morgan fingerprint density at radius 2 is 2.31 bits per heavy atom. The molecular weight excluding hydrogens is 162 g/mol. The molecule has 2 rings (SSSR count). The quantitative estimate of drug-likeness (QED) is 0.648. The maximum atomic E-state index is 11.1. The molecular formula is C11H15NO. The molecule has 2 atom stereocenters. The Morgan fingerprint density at radius 3 is 3.00 bits per heavy atom. The van der Waals surface area contributed by atoms with Gasteiger partial charge in [-0.3, -0.25) is 4.79 Å². The number of amides is 1. The summed E-state index contributed by atoms with van der Waals surface area (Å²) in [5, 5.41) is 2.94. The molecule has 70 valence electrons. The first-order chi connectivity index (χ1) is 6.16. The van der Waals surface area contributed by atoms with Gasteiger partial charge in [-0.25, -0.2) is 0 Å². The maximum absolute atomic E-state index is 11.1. The molecule has 1 aliphatic carbocycles. The summed E-state index contributed by atoms with van der Waals surface area (Å²) in [5.74, 6) is 1.14. The number of rotatable bonds is 1. The first-order valence-electron chi connectivity index (χ1n) is 4.86. The fourth-order valence-corrected chi connectivity index (χ4v) is 1.95. The van der Waals surface area contributed by atoms with Crippen LogP contribution in [0.15, 0.2) is 23.8 Å². The molecule has 0 aromatic rings. The van der Waals surface area contributed by atoms with Crippen molar-refractivity contribution in [3.63, 3.8) is 0 Å². The van der Waals surface area contributed by atoms with Gasteiger partial charge in [-0.05, 0) is 11.5 Å². The molecule has 1 N–H and O–H groups in total. The van der Waals surface area contributed by atoms with E-state index < -0.39 is 0 Å². The van der Waals surface area contributed by atoms with Crippen LogP contribution in [0.3, 0.4) is 0 Å². The van der Waals surface area contributed by atoms with Crippen molar-refractivity contribution < 1.29 is 4.79 Å². The lowest BCUT2D eigenvalue weighted by molar-refractivity contribution is -0.119. The van der Waals surface area contributed by atoms with E-state index in [1.807, 2.05) is 0 Å². The molecule has 1 saturated heterocycles. The Hall–Kier alpha value is -1.05. The summed E-state index contributed by atoms with van der Waals surface area (Å²) < 4.78 is 0. The van der Waals surface area contributed by atoms with Crippen molar-refractivity contribution in [2.45, 2.75) is 26.3 Å². The van der Waals surface area contributed by atoms with Crippen LogP contribution in [0.2, 0.25) is 0 Å². The molecule has 0 spiro atoms. The zero-order valence-electron chi connectivity index (χ0n) is 8.08. The summed E-state index contributed by atoms with van der Waals surface area (Å²) in [5.41, 5.74) is 1.36. The number of carbonyl (C=O) groups excluding carboxylic acids is 1. The molecule has 0 bridgehead atoms. The molecule has 1 aliphatic heterocycles. The van der Waals surface area contributed by atoms with E-state index in [2.05, 4.69) is 37.4 Å². The summed E-state index contributed by atoms with van der Waals surface area (Å²) in [7, 11) is 0. The third kappa shape index (κ3) is 1.53. The second kappa shape index (κ2) is 3.02. The lowest BCUT2D eigenvalue weighted by atomic mass is 9.88. The molecule has 2 aliphatic rings. The van der Waals surface area contributed by atoms with E-state index in [1.165, 1.54) is 5.57 Å². The molecule has 2 nitrogen and oxygen atoms in total. The van der Waals surface area contributed by atoms with Crippen LogP contribution in [0.25, 0.3) is 0 Å². The molecule has 1 amide bonds. The highest BCUT2D eigenvalue weighted by Crippen LogP contribution is 2.27. The summed E-state index contributed by atoms with van der Waals surface area (Å²) in [6.45, 7) is 4.36. The smallest absolute Gasteiger partial charge is 0.221 e. The van der Waals surface area contributed by atoms with Gasteiger partial charge in [0.2, 0.25) is 5.91 Å². The van der Waals surface area contributed by atoms with Crippen molar-refractivity contribution in [2.24, 2.45) is 11.8 Å². The first-order valence-corrected chi connectivity index (χ1v) is 4.86. The second-order valence-corrected chi connectivity index (χ2v) is 4.14. The number of carbonyl (C=O) groups is 1. The van der Waals surface area contributed by atoms with Gasteiger partial charge in [0.25, 0.3) is 0 Å². The SMILES string of the molecule is CC(C)C1=CC2CC(=O)NC2C=C1. The second-order valence-electron chi connectivity index (χ2n) is 4.14. The topological polar surface area (TPSA) is 29.1 Å². The van der Waals surface area contributed by atoms with Gasteiger partial charge in [0.05, 0.1) is 6.04 Å². The number of allylic oxidation sites excluding steroid dienone is 2. The van der Waals surface area contributed by atoms with Crippen LogP contribution in [-0.4, -0.2) is 11.9 Å². The van der Waals surface area contributed by atoms with Crippen LogP contribution >= 0.6 is 0 Å². The molecule has 0 saturated carbocycles. The largest absolute Gasteiger partial charge is 0.349 e. The van der Waals surface area contributed by atoms with Crippen molar-refractivity contribution in [1.29, 1.82) is 0 Å². The fraction of sp³-hybridized carbons (Fsp3) is 0.545. The number of hydrogen-bond donors (Lipinski definition) is 1. The Balaban J connectivity index is 2.18. The summed E-state index contributed by atoms with van der Waals surface area (Å²) >= 11 is 0. The van der Waals surface area contributed by atoms with Gasteiger partial charge in [0.1, 0.15) is 0 Å². The highest BCUT2D eigenvalue weighted by molar-refractivity contribution is 5.80. The van der Waals surface area contributed by atoms with Crippen molar-refractivity contribution in [3.05, 3.63) is 23.8 Å². The fourth-order valence-electron chi connectivity index (χ4n) is 1.95. The zero-order valence-corrected chi connectivity index (χ0v) is 8.08. The number of nitrogens with one attached hydrogen (secondary N) is 1. The average molecular weight is 177 g/mol. The van der Waals surface area contributed by atoms with E-state index in [9.17, 15) is 4.79 Å². The van der Waals surface area contributed by atoms with E-state index in [-0.39, 0.29) is 11.9 Å². The Labute approximate surface area is 78.7 Å². The van der Waals surface area contributed by atoms with E-state index >= 15 is 0 Å². The van der Waals surface area contributed by atoms with Crippen molar-refractivity contribution >= 4 is 5.91 Å². The molecule has 0 aromatic carbocycles. The number of fused-ring (bicyclic) bond motifs is 1. The van der Waals surface area contributed by atoms with Crippen LogP contribution in [0.5, 0.6) is 0 Å². The highest BCUT2D eigenvalue weighted by Gasteiger charge is 2.30. The Morgan fingerprint density at radius 1 is 1.54 bits per heavy atom. The third-order valence-corrected chi connectivity index (χ3v) is 2.78. The lowest BCUT2D eigenvalue weighted by Crippen LogP contribution is -2.27. The normalized spacial score (nSPS) is 31.6. The predicted molar refractivity (Wildman–Crippen MR) is 52.1 cm³/mol. The molecule has 1 heterocycles. The monoisotopic (exact) mass is 177 g/mol. The van der Waals surface area contributed by atoms with E-state index in [0.717, 1.165) is 0 Å². The zero-order chi connectivity index (χ0) is 9.42. The first kappa shape index (κ1) is 8.54. The molecule has 0 aromatic heterocycles. The summed E-state index contributed by atoms with van der Waals surface area (Å²) in [4.78, 5) is 11.1. The number of hydrogen-bond acceptors (Lipinski definition) is 1. The maximum Gasteiger partial charge on any atom is 0.221 e. The van der Waals surface area contributed by atoms with Gasteiger partial charge < -0.3 is 5.32 Å². The molecule has 0 radical (unpaired) electrons. The minimum Gasteiger partial charge on any atom is -0.349 e. The van der Waals surface area contributed by atoms with Crippen molar-refractivity contribution in [3.8, 4) is 0 Å². The minimum absolute atomic E-state index is 0.181. The third-order valence-electron chi connectivity index (χ3n) is 2.78. The van der Waals surface area contributed by atoms with E-state index in [4.69, 9.17) is 0 Å². The van der Waals surface area contributed by atoms with Crippen LogP contribution in [-0.2, 0) is 4.79 Å². The highest BCUT2D eigenvalue weighted by atomic mass is 16.1. The van der Waals surface area contributed by atoms with E-state index in [1.54, 1.807) is 0 Å². The van der Waals surface area contributed by atoms with Gasteiger partial charge in [-0.2, -0.15) is 0 Å². The Bertz CT molecular complexity index is 288. The summed E-state index contributed by atoms with van der Waals surface area (Å²) in [6.07, 6.45) is 7.15. The standard InChI is InChI=1S/C11H15NO/c1-7(2)8-3-4-10-9(5-8)6-11(13)12-10/h3-5,7,9-10H,6H2,1-2H3,(H,12,13).